The number of aromatic nitrogens is 1. The van der Waals surface area contributed by atoms with Crippen LogP contribution in [-0.4, -0.2) is 17.7 Å². The summed E-state index contributed by atoms with van der Waals surface area (Å²) in [5.74, 6) is 0.972. The number of nitrogens with zero attached hydrogens (tertiary/aromatic N) is 1. The largest absolute Gasteiger partial charge is 0.490 e. The Hall–Kier alpha value is -2.56. The number of nitrogens with one attached hydrogen (secondary N) is 1. The monoisotopic (exact) mass is 298 g/mol. The zero-order valence-corrected chi connectivity index (χ0v) is 12.3. The minimum absolute atomic E-state index is 0.209. The molecule has 1 aliphatic carbocycles. The van der Waals surface area contributed by atoms with E-state index in [9.17, 15) is 4.79 Å². The van der Waals surface area contributed by atoms with E-state index >= 15 is 0 Å². The number of carbonyl (C=O) groups excluding carboxylic acids is 1. The summed E-state index contributed by atoms with van der Waals surface area (Å²) >= 11 is 0. The highest BCUT2D eigenvalue weighted by molar-refractivity contribution is 6.03. The van der Waals surface area contributed by atoms with Gasteiger partial charge in [-0.3, -0.25) is 10.1 Å². The predicted molar refractivity (Wildman–Crippen MR) is 83.2 cm³/mol. The van der Waals surface area contributed by atoms with Crippen LogP contribution in [0.5, 0.6) is 5.75 Å². The van der Waals surface area contributed by atoms with Crippen LogP contribution in [0, 0.1) is 0 Å². The Balaban J connectivity index is 1.69. The van der Waals surface area contributed by atoms with Gasteiger partial charge >= 0.3 is 0 Å². The summed E-state index contributed by atoms with van der Waals surface area (Å²) < 4.78 is 10.7. The first-order valence-electron chi connectivity index (χ1n) is 7.40. The fourth-order valence-electron chi connectivity index (χ4n) is 2.52. The Morgan fingerprint density at radius 1 is 1.32 bits per heavy atom. The van der Waals surface area contributed by atoms with Gasteiger partial charge in [-0.2, -0.15) is 0 Å². The summed E-state index contributed by atoms with van der Waals surface area (Å²) in [6, 6.07) is 6.95. The molecule has 3 rings (SSSR count). The van der Waals surface area contributed by atoms with E-state index in [2.05, 4.69) is 17.1 Å². The SMILES string of the molecule is C=CCOc1ccc(C(=O)Nc2onc3c2CCCC3)cc1. The number of rotatable bonds is 5. The Kier molecular flexibility index (Phi) is 4.23. The summed E-state index contributed by atoms with van der Waals surface area (Å²) in [5.41, 5.74) is 2.55. The zero-order chi connectivity index (χ0) is 15.4. The molecular weight excluding hydrogens is 280 g/mol. The van der Waals surface area contributed by atoms with Crippen LogP contribution in [0.25, 0.3) is 0 Å². The van der Waals surface area contributed by atoms with Crippen molar-refractivity contribution in [3.05, 3.63) is 53.7 Å². The minimum Gasteiger partial charge on any atom is -0.490 e. The molecule has 0 fully saturated rings. The number of ether oxygens (including phenoxy) is 1. The maximum absolute atomic E-state index is 12.3. The molecule has 1 aliphatic rings. The number of anilines is 1. The van der Waals surface area contributed by atoms with E-state index in [0.29, 0.717) is 23.8 Å². The van der Waals surface area contributed by atoms with Crippen LogP contribution < -0.4 is 10.1 Å². The zero-order valence-electron chi connectivity index (χ0n) is 12.3. The van der Waals surface area contributed by atoms with Gasteiger partial charge in [0.15, 0.2) is 0 Å². The molecule has 0 radical (unpaired) electrons. The number of aryl methyl sites for hydroxylation is 1. The molecule has 1 heterocycles. The molecule has 1 aromatic heterocycles. The quantitative estimate of drug-likeness (QED) is 0.860. The minimum atomic E-state index is -0.209. The van der Waals surface area contributed by atoms with Gasteiger partial charge in [-0.15, -0.1) is 0 Å². The molecule has 0 spiro atoms. The molecule has 114 valence electrons. The number of hydrogen-bond acceptors (Lipinski definition) is 4. The molecule has 22 heavy (non-hydrogen) atoms. The Bertz CT molecular complexity index is 674. The Morgan fingerprint density at radius 3 is 2.86 bits per heavy atom. The van der Waals surface area contributed by atoms with Crippen molar-refractivity contribution in [3.63, 3.8) is 0 Å². The van der Waals surface area contributed by atoms with Crippen molar-refractivity contribution in [3.8, 4) is 5.75 Å². The average molecular weight is 298 g/mol. The molecule has 0 atom stereocenters. The highest BCUT2D eigenvalue weighted by atomic mass is 16.5. The van der Waals surface area contributed by atoms with Crippen molar-refractivity contribution in [2.24, 2.45) is 0 Å². The summed E-state index contributed by atoms with van der Waals surface area (Å²) in [7, 11) is 0. The molecule has 2 aromatic rings. The van der Waals surface area contributed by atoms with Crippen LogP contribution in [-0.2, 0) is 12.8 Å². The molecule has 1 amide bonds. The van der Waals surface area contributed by atoms with E-state index in [0.717, 1.165) is 36.9 Å². The molecule has 5 heteroatoms. The van der Waals surface area contributed by atoms with E-state index in [-0.39, 0.29) is 5.91 Å². The van der Waals surface area contributed by atoms with Crippen LogP contribution in [0.4, 0.5) is 5.88 Å². The van der Waals surface area contributed by atoms with E-state index in [1.807, 2.05) is 0 Å². The van der Waals surface area contributed by atoms with Crippen molar-refractivity contribution in [1.29, 1.82) is 0 Å². The molecule has 0 bridgehead atoms. The first-order chi connectivity index (χ1) is 10.8. The lowest BCUT2D eigenvalue weighted by molar-refractivity contribution is 0.102. The lowest BCUT2D eigenvalue weighted by Gasteiger charge is -2.10. The molecule has 0 aliphatic heterocycles. The number of fused-ring (bicyclic) bond motifs is 1. The normalized spacial score (nSPS) is 13.3. The van der Waals surface area contributed by atoms with E-state index in [1.165, 1.54) is 0 Å². The number of hydrogen-bond donors (Lipinski definition) is 1. The van der Waals surface area contributed by atoms with Gasteiger partial charge in [0.2, 0.25) is 5.88 Å². The third kappa shape index (κ3) is 3.03. The van der Waals surface area contributed by atoms with Gasteiger partial charge in [0, 0.05) is 11.1 Å². The van der Waals surface area contributed by atoms with Crippen LogP contribution in [0.1, 0.15) is 34.5 Å². The van der Waals surface area contributed by atoms with Gasteiger partial charge in [0.05, 0.1) is 5.69 Å². The molecule has 5 nitrogen and oxygen atoms in total. The van der Waals surface area contributed by atoms with E-state index < -0.39 is 0 Å². The lowest BCUT2D eigenvalue weighted by Crippen LogP contribution is -2.13. The first kappa shape index (κ1) is 14.4. The molecule has 0 unspecified atom stereocenters. The first-order valence-corrected chi connectivity index (χ1v) is 7.40. The number of carbonyl (C=O) groups is 1. The molecule has 0 saturated heterocycles. The van der Waals surface area contributed by atoms with Crippen LogP contribution >= 0.6 is 0 Å². The third-order valence-electron chi connectivity index (χ3n) is 3.67. The second-order valence-corrected chi connectivity index (χ2v) is 5.22. The van der Waals surface area contributed by atoms with Crippen molar-refractivity contribution in [1.82, 2.24) is 5.16 Å². The van der Waals surface area contributed by atoms with E-state index in [4.69, 9.17) is 9.26 Å². The molecule has 0 saturated carbocycles. The fourth-order valence-corrected chi connectivity index (χ4v) is 2.52. The standard InChI is InChI=1S/C17H18N2O3/c1-2-11-21-13-9-7-12(8-10-13)16(20)18-17-14-5-3-4-6-15(14)19-22-17/h2,7-10H,1,3-6,11H2,(H,18,20). The summed E-state index contributed by atoms with van der Waals surface area (Å²) in [4.78, 5) is 12.3. The maximum Gasteiger partial charge on any atom is 0.258 e. The fraction of sp³-hybridized carbons (Fsp3) is 0.294. The molecule has 1 N–H and O–H groups in total. The summed E-state index contributed by atoms with van der Waals surface area (Å²) in [6.45, 7) is 4.03. The van der Waals surface area contributed by atoms with Gasteiger partial charge in [0.25, 0.3) is 5.91 Å². The smallest absolute Gasteiger partial charge is 0.258 e. The van der Waals surface area contributed by atoms with Gasteiger partial charge in [-0.25, -0.2) is 0 Å². The lowest BCUT2D eigenvalue weighted by atomic mass is 9.97. The van der Waals surface area contributed by atoms with Crippen molar-refractivity contribution < 1.29 is 14.1 Å². The average Bonchev–Trinajstić information content (AvgIpc) is 2.96. The number of amides is 1. The van der Waals surface area contributed by atoms with Gasteiger partial charge in [-0.1, -0.05) is 17.8 Å². The molecular formula is C17H18N2O3. The predicted octanol–water partition coefficient (Wildman–Crippen LogP) is 3.37. The second-order valence-electron chi connectivity index (χ2n) is 5.22. The maximum atomic E-state index is 12.3. The third-order valence-corrected chi connectivity index (χ3v) is 3.67. The van der Waals surface area contributed by atoms with Crippen molar-refractivity contribution in [2.45, 2.75) is 25.7 Å². The van der Waals surface area contributed by atoms with Crippen LogP contribution in [0.3, 0.4) is 0 Å². The van der Waals surface area contributed by atoms with Crippen molar-refractivity contribution >= 4 is 11.8 Å². The van der Waals surface area contributed by atoms with Gasteiger partial charge in [0.1, 0.15) is 12.4 Å². The second kappa shape index (κ2) is 6.47. The Labute approximate surface area is 129 Å². The molecule has 1 aromatic carbocycles. The highest BCUT2D eigenvalue weighted by Crippen LogP contribution is 2.27. The highest BCUT2D eigenvalue weighted by Gasteiger charge is 2.21. The van der Waals surface area contributed by atoms with Gasteiger partial charge < -0.3 is 9.26 Å². The van der Waals surface area contributed by atoms with Crippen LogP contribution in [0.2, 0.25) is 0 Å². The van der Waals surface area contributed by atoms with Crippen LogP contribution in [0.15, 0.2) is 41.4 Å². The summed E-state index contributed by atoms with van der Waals surface area (Å²) in [5, 5.41) is 6.84. The topological polar surface area (TPSA) is 64.4 Å². The Morgan fingerprint density at radius 2 is 2.09 bits per heavy atom. The van der Waals surface area contributed by atoms with E-state index in [1.54, 1.807) is 30.3 Å². The van der Waals surface area contributed by atoms with Crippen molar-refractivity contribution in [2.75, 3.05) is 11.9 Å². The summed E-state index contributed by atoms with van der Waals surface area (Å²) in [6.07, 6.45) is 5.73. The number of benzene rings is 1. The van der Waals surface area contributed by atoms with Gasteiger partial charge in [-0.05, 0) is 49.9 Å².